The Bertz CT molecular complexity index is 904. The number of piperidine rings is 1. The van der Waals surface area contributed by atoms with E-state index in [0.717, 1.165) is 5.56 Å². The highest BCUT2D eigenvalue weighted by Gasteiger charge is 2.45. The molecule has 0 spiro atoms. The van der Waals surface area contributed by atoms with Crippen LogP contribution in [0.15, 0.2) is 34.2 Å². The van der Waals surface area contributed by atoms with E-state index in [4.69, 9.17) is 5.73 Å². The molecule has 2 aliphatic heterocycles. The fourth-order valence-electron chi connectivity index (χ4n) is 4.44. The Morgan fingerprint density at radius 2 is 1.86 bits per heavy atom. The molecule has 1 saturated heterocycles. The third-order valence-corrected chi connectivity index (χ3v) is 7.93. The van der Waals surface area contributed by atoms with Gasteiger partial charge in [0.25, 0.3) is 5.91 Å². The lowest BCUT2D eigenvalue weighted by Gasteiger charge is -2.33. The average molecular weight is 421 g/mol. The summed E-state index contributed by atoms with van der Waals surface area (Å²) in [5.74, 6) is 0.791. The molecule has 2 heterocycles. The predicted molar refractivity (Wildman–Crippen MR) is 114 cm³/mol. The van der Waals surface area contributed by atoms with Crippen LogP contribution in [-0.4, -0.2) is 54.7 Å². The number of nitrogens with zero attached hydrogens (tertiary/aromatic N) is 3. The zero-order chi connectivity index (χ0) is 21.4. The van der Waals surface area contributed by atoms with Gasteiger partial charge in [0.15, 0.2) is 5.96 Å². The summed E-state index contributed by atoms with van der Waals surface area (Å²) in [5.41, 5.74) is 6.05. The van der Waals surface area contributed by atoms with E-state index in [0.29, 0.717) is 49.7 Å². The van der Waals surface area contributed by atoms with Crippen molar-refractivity contribution in [2.75, 3.05) is 19.6 Å². The van der Waals surface area contributed by atoms with Gasteiger partial charge in [0.2, 0.25) is 10.0 Å². The normalized spacial score (nSPS) is 24.4. The van der Waals surface area contributed by atoms with Crippen molar-refractivity contribution >= 4 is 21.9 Å². The third-order valence-electron chi connectivity index (χ3n) is 5.88. The van der Waals surface area contributed by atoms with Crippen LogP contribution in [0.5, 0.6) is 0 Å². The van der Waals surface area contributed by atoms with E-state index < -0.39 is 15.6 Å². The van der Waals surface area contributed by atoms with Crippen LogP contribution in [0.25, 0.3) is 0 Å². The molecule has 0 aliphatic carbocycles. The van der Waals surface area contributed by atoms with Crippen molar-refractivity contribution in [3.05, 3.63) is 29.8 Å². The highest BCUT2D eigenvalue weighted by molar-refractivity contribution is 7.89. The van der Waals surface area contributed by atoms with Crippen molar-refractivity contribution in [1.29, 1.82) is 0 Å². The molecule has 1 fully saturated rings. The van der Waals surface area contributed by atoms with E-state index in [9.17, 15) is 13.2 Å². The molecular weight excluding hydrogens is 388 g/mol. The summed E-state index contributed by atoms with van der Waals surface area (Å²) in [4.78, 5) is 19.3. The van der Waals surface area contributed by atoms with Crippen LogP contribution in [0.2, 0.25) is 0 Å². The number of carbonyl (C=O) groups is 1. The SMILES string of the molecule is Cc1ccccc1S(=O)(=O)N1CCC(CN2C(=O)C(C)(CC(C)C)N=C2N)CC1. The van der Waals surface area contributed by atoms with Crippen LogP contribution < -0.4 is 5.73 Å². The minimum Gasteiger partial charge on any atom is -0.369 e. The van der Waals surface area contributed by atoms with E-state index in [2.05, 4.69) is 18.8 Å². The Morgan fingerprint density at radius 1 is 1.24 bits per heavy atom. The molecule has 1 amide bonds. The molecule has 8 heteroatoms. The number of aliphatic imine (C=N–C) groups is 1. The van der Waals surface area contributed by atoms with E-state index in [-0.39, 0.29) is 17.8 Å². The van der Waals surface area contributed by atoms with Crippen molar-refractivity contribution in [3.63, 3.8) is 0 Å². The van der Waals surface area contributed by atoms with Crippen LogP contribution in [0.1, 0.15) is 45.6 Å². The van der Waals surface area contributed by atoms with Gasteiger partial charge in [-0.2, -0.15) is 4.31 Å². The number of hydrogen-bond acceptors (Lipinski definition) is 5. The molecule has 0 radical (unpaired) electrons. The van der Waals surface area contributed by atoms with Crippen molar-refractivity contribution in [2.24, 2.45) is 22.6 Å². The van der Waals surface area contributed by atoms with Crippen LogP contribution in [-0.2, 0) is 14.8 Å². The van der Waals surface area contributed by atoms with Gasteiger partial charge >= 0.3 is 0 Å². The maximum atomic E-state index is 13.0. The van der Waals surface area contributed by atoms with E-state index in [1.54, 1.807) is 21.3 Å². The first kappa shape index (κ1) is 21.8. The smallest absolute Gasteiger partial charge is 0.257 e. The van der Waals surface area contributed by atoms with Crippen LogP contribution in [0.4, 0.5) is 0 Å². The highest BCUT2D eigenvalue weighted by Crippen LogP contribution is 2.31. The molecule has 2 N–H and O–H groups in total. The zero-order valence-electron chi connectivity index (χ0n) is 17.8. The van der Waals surface area contributed by atoms with Crippen LogP contribution >= 0.6 is 0 Å². The highest BCUT2D eigenvalue weighted by atomic mass is 32.2. The van der Waals surface area contributed by atoms with Gasteiger partial charge in [-0.1, -0.05) is 32.0 Å². The van der Waals surface area contributed by atoms with Gasteiger partial charge in [0.05, 0.1) is 4.90 Å². The van der Waals surface area contributed by atoms with Crippen molar-refractivity contribution in [1.82, 2.24) is 9.21 Å². The average Bonchev–Trinajstić information content (AvgIpc) is 2.84. The molecule has 1 atom stereocenters. The number of sulfonamides is 1. The molecule has 1 aromatic rings. The molecule has 160 valence electrons. The van der Waals surface area contributed by atoms with Gasteiger partial charge in [-0.05, 0) is 56.6 Å². The molecule has 0 saturated carbocycles. The van der Waals surface area contributed by atoms with Gasteiger partial charge in [0, 0.05) is 19.6 Å². The fourth-order valence-corrected chi connectivity index (χ4v) is 6.13. The van der Waals surface area contributed by atoms with E-state index in [1.807, 2.05) is 26.0 Å². The molecule has 0 bridgehead atoms. The Kier molecular flexibility index (Phi) is 6.06. The largest absolute Gasteiger partial charge is 0.369 e. The first-order chi connectivity index (χ1) is 13.5. The second-order valence-electron chi connectivity index (χ2n) is 8.87. The van der Waals surface area contributed by atoms with Crippen molar-refractivity contribution in [3.8, 4) is 0 Å². The Balaban J connectivity index is 1.63. The number of aryl methyl sites for hydroxylation is 1. The Morgan fingerprint density at radius 3 is 2.45 bits per heavy atom. The first-order valence-electron chi connectivity index (χ1n) is 10.3. The summed E-state index contributed by atoms with van der Waals surface area (Å²) in [6.45, 7) is 9.19. The van der Waals surface area contributed by atoms with Crippen molar-refractivity contribution in [2.45, 2.75) is 57.4 Å². The fraction of sp³-hybridized carbons (Fsp3) is 0.619. The molecule has 1 unspecified atom stereocenters. The first-order valence-corrected chi connectivity index (χ1v) is 11.7. The molecule has 3 rings (SSSR count). The number of nitrogens with two attached hydrogens (primary N) is 1. The number of carbonyl (C=O) groups excluding carboxylic acids is 1. The Hall–Kier alpha value is -1.93. The monoisotopic (exact) mass is 420 g/mol. The summed E-state index contributed by atoms with van der Waals surface area (Å²) in [7, 11) is -3.49. The van der Waals surface area contributed by atoms with E-state index >= 15 is 0 Å². The zero-order valence-corrected chi connectivity index (χ0v) is 18.6. The summed E-state index contributed by atoms with van der Waals surface area (Å²) in [6.07, 6.45) is 2.06. The molecule has 7 nitrogen and oxygen atoms in total. The van der Waals surface area contributed by atoms with Crippen LogP contribution in [0.3, 0.4) is 0 Å². The summed E-state index contributed by atoms with van der Waals surface area (Å²) in [5, 5.41) is 0. The second kappa shape index (κ2) is 8.07. The summed E-state index contributed by atoms with van der Waals surface area (Å²) >= 11 is 0. The number of rotatable bonds is 6. The summed E-state index contributed by atoms with van der Waals surface area (Å²) < 4.78 is 27.5. The number of amides is 1. The lowest BCUT2D eigenvalue weighted by atomic mass is 9.90. The van der Waals surface area contributed by atoms with Gasteiger partial charge in [-0.25, -0.2) is 13.4 Å². The number of benzene rings is 1. The maximum Gasteiger partial charge on any atom is 0.257 e. The molecule has 1 aromatic carbocycles. The van der Waals surface area contributed by atoms with Gasteiger partial charge in [0.1, 0.15) is 5.54 Å². The second-order valence-corrected chi connectivity index (χ2v) is 10.8. The standard InChI is InChI=1S/C21H32N4O3S/c1-15(2)13-21(4)19(26)25(20(22)23-21)14-17-9-11-24(12-10-17)29(27,28)18-8-6-5-7-16(18)3/h5-8,15,17H,9-14H2,1-4H3,(H2,22,23). The number of guanidine groups is 1. The van der Waals surface area contributed by atoms with Gasteiger partial charge in [-0.15, -0.1) is 0 Å². The molecule has 0 aromatic heterocycles. The van der Waals surface area contributed by atoms with E-state index in [1.165, 1.54) is 0 Å². The molecule has 2 aliphatic rings. The molecule has 29 heavy (non-hydrogen) atoms. The van der Waals surface area contributed by atoms with Gasteiger partial charge in [-0.3, -0.25) is 9.69 Å². The minimum absolute atomic E-state index is 0.0429. The van der Waals surface area contributed by atoms with Gasteiger partial charge < -0.3 is 5.73 Å². The third kappa shape index (κ3) is 4.33. The number of hydrogen-bond donors (Lipinski definition) is 1. The quantitative estimate of drug-likeness (QED) is 0.764. The lowest BCUT2D eigenvalue weighted by Crippen LogP contribution is -2.47. The topological polar surface area (TPSA) is 96.1 Å². The van der Waals surface area contributed by atoms with Crippen molar-refractivity contribution < 1.29 is 13.2 Å². The van der Waals surface area contributed by atoms with Crippen LogP contribution in [0, 0.1) is 18.8 Å². The summed E-state index contributed by atoms with van der Waals surface area (Å²) in [6, 6.07) is 7.07. The predicted octanol–water partition coefficient (Wildman–Crippen LogP) is 2.36. The maximum absolute atomic E-state index is 13.0. The minimum atomic E-state index is -3.49. The lowest BCUT2D eigenvalue weighted by molar-refractivity contribution is -0.131. The Labute approximate surface area is 174 Å². The molecular formula is C21H32N4O3S.